The minimum atomic E-state index is -0.337. The molecular formula is C33H29N3O4. The fraction of sp³-hybridized carbons (Fsp3) is 0.121. The molecule has 0 saturated carbocycles. The first-order valence-electron chi connectivity index (χ1n) is 12.8. The van der Waals surface area contributed by atoms with Crippen molar-refractivity contribution in [1.29, 1.82) is 0 Å². The van der Waals surface area contributed by atoms with Crippen molar-refractivity contribution in [3.63, 3.8) is 0 Å². The van der Waals surface area contributed by atoms with Crippen LogP contribution in [-0.2, 0) is 6.61 Å². The van der Waals surface area contributed by atoms with Gasteiger partial charge in [-0.3, -0.25) is 4.79 Å². The van der Waals surface area contributed by atoms with Crippen molar-refractivity contribution in [2.75, 3.05) is 14.2 Å². The number of hydrogen-bond donors (Lipinski definition) is 1. The first-order chi connectivity index (χ1) is 19.6. The number of carbonyl (C=O) groups excluding carboxylic acids is 1. The molecule has 0 aliphatic rings. The number of hydrogen-bond acceptors (Lipinski definition) is 6. The minimum absolute atomic E-state index is 0.331. The van der Waals surface area contributed by atoms with Crippen LogP contribution in [0.3, 0.4) is 0 Å². The molecule has 1 amide bonds. The summed E-state index contributed by atoms with van der Waals surface area (Å²) in [6.45, 7) is 2.34. The molecule has 0 bridgehead atoms. The molecule has 7 heteroatoms. The van der Waals surface area contributed by atoms with Crippen molar-refractivity contribution in [3.05, 3.63) is 119 Å². The minimum Gasteiger partial charge on any atom is -0.497 e. The lowest BCUT2D eigenvalue weighted by atomic mass is 10.0. The van der Waals surface area contributed by atoms with Gasteiger partial charge >= 0.3 is 0 Å². The van der Waals surface area contributed by atoms with E-state index in [1.54, 1.807) is 26.5 Å². The second kappa shape index (κ2) is 12.1. The Balaban J connectivity index is 1.36. The topological polar surface area (TPSA) is 82.0 Å². The SMILES string of the molecule is COc1cccc(-c2cc(C(=O)N/N=C/c3ccc(OC)c(COc4ccccc4C)c3)c3ccccc3n2)c1. The number of nitrogens with zero attached hydrogens (tertiary/aromatic N) is 2. The zero-order valence-electron chi connectivity index (χ0n) is 22.5. The van der Waals surface area contributed by atoms with E-state index in [2.05, 4.69) is 10.5 Å². The highest BCUT2D eigenvalue weighted by Gasteiger charge is 2.14. The van der Waals surface area contributed by atoms with E-state index in [-0.39, 0.29) is 5.91 Å². The van der Waals surface area contributed by atoms with Crippen molar-refractivity contribution in [2.24, 2.45) is 5.10 Å². The van der Waals surface area contributed by atoms with Crippen LogP contribution in [0.4, 0.5) is 0 Å². The molecule has 7 nitrogen and oxygen atoms in total. The van der Waals surface area contributed by atoms with Gasteiger partial charge in [0.05, 0.1) is 37.2 Å². The zero-order valence-corrected chi connectivity index (χ0v) is 22.5. The van der Waals surface area contributed by atoms with Gasteiger partial charge in [0, 0.05) is 16.5 Å². The molecule has 0 spiro atoms. The Morgan fingerprint density at radius 1 is 0.875 bits per heavy atom. The van der Waals surface area contributed by atoms with Crippen LogP contribution in [0.1, 0.15) is 27.0 Å². The molecule has 40 heavy (non-hydrogen) atoms. The summed E-state index contributed by atoms with van der Waals surface area (Å²) in [4.78, 5) is 18.1. The number of para-hydroxylation sites is 2. The zero-order chi connectivity index (χ0) is 27.9. The van der Waals surface area contributed by atoms with Gasteiger partial charge in [-0.05, 0) is 66.6 Å². The number of aryl methyl sites for hydroxylation is 1. The lowest BCUT2D eigenvalue weighted by Gasteiger charge is -2.12. The van der Waals surface area contributed by atoms with Crippen molar-refractivity contribution in [3.8, 4) is 28.5 Å². The Morgan fingerprint density at radius 2 is 1.70 bits per heavy atom. The predicted molar refractivity (Wildman–Crippen MR) is 157 cm³/mol. The predicted octanol–water partition coefficient (Wildman–Crippen LogP) is 6.57. The van der Waals surface area contributed by atoms with Gasteiger partial charge in [-0.1, -0.05) is 48.5 Å². The largest absolute Gasteiger partial charge is 0.497 e. The molecule has 0 aliphatic carbocycles. The highest BCUT2D eigenvalue weighted by atomic mass is 16.5. The maximum absolute atomic E-state index is 13.3. The maximum atomic E-state index is 13.3. The molecule has 4 aromatic carbocycles. The number of rotatable bonds is 9. The fourth-order valence-corrected chi connectivity index (χ4v) is 4.38. The average molecular weight is 532 g/mol. The summed E-state index contributed by atoms with van der Waals surface area (Å²) >= 11 is 0. The standard InChI is InChI=1S/C33H29N3O4/c1-22-9-4-7-14-31(22)40-21-25-17-23(15-16-32(25)39-3)20-34-36-33(37)28-19-30(24-10-8-11-26(18-24)38-2)35-29-13-6-5-12-27(28)29/h4-20H,21H2,1-3H3,(H,36,37)/b34-20+. The van der Waals surface area contributed by atoms with Gasteiger partial charge in [0.2, 0.25) is 0 Å². The van der Waals surface area contributed by atoms with Crippen LogP contribution in [0, 0.1) is 6.92 Å². The van der Waals surface area contributed by atoms with E-state index in [0.717, 1.165) is 33.4 Å². The normalized spacial score (nSPS) is 11.0. The number of amides is 1. The lowest BCUT2D eigenvalue weighted by molar-refractivity contribution is 0.0956. The average Bonchev–Trinajstić information content (AvgIpc) is 3.00. The molecule has 0 fully saturated rings. The number of benzene rings is 4. The van der Waals surface area contributed by atoms with Gasteiger partial charge in [0.25, 0.3) is 5.91 Å². The molecule has 1 heterocycles. The summed E-state index contributed by atoms with van der Waals surface area (Å²) in [6.07, 6.45) is 1.60. The van der Waals surface area contributed by atoms with Gasteiger partial charge in [-0.25, -0.2) is 10.4 Å². The Bertz CT molecular complexity index is 1700. The van der Waals surface area contributed by atoms with Crippen molar-refractivity contribution in [2.45, 2.75) is 13.5 Å². The van der Waals surface area contributed by atoms with E-state index < -0.39 is 0 Å². The van der Waals surface area contributed by atoms with Crippen molar-refractivity contribution >= 4 is 23.0 Å². The monoisotopic (exact) mass is 531 g/mol. The van der Waals surface area contributed by atoms with Gasteiger partial charge in [-0.2, -0.15) is 5.10 Å². The highest BCUT2D eigenvalue weighted by Crippen LogP contribution is 2.27. The number of carbonyl (C=O) groups is 1. The Labute approximate surface area is 233 Å². The Kier molecular flexibility index (Phi) is 8.02. The van der Waals surface area contributed by atoms with E-state index in [0.29, 0.717) is 34.9 Å². The number of fused-ring (bicyclic) bond motifs is 1. The van der Waals surface area contributed by atoms with Crippen LogP contribution in [0.2, 0.25) is 0 Å². The van der Waals surface area contributed by atoms with Crippen LogP contribution in [-0.4, -0.2) is 31.3 Å². The first-order valence-corrected chi connectivity index (χ1v) is 12.8. The Morgan fingerprint density at radius 3 is 2.52 bits per heavy atom. The van der Waals surface area contributed by atoms with Gasteiger partial charge in [0.1, 0.15) is 23.9 Å². The summed E-state index contributed by atoms with van der Waals surface area (Å²) in [5.74, 6) is 1.90. The third-order valence-corrected chi connectivity index (χ3v) is 6.49. The summed E-state index contributed by atoms with van der Waals surface area (Å²) < 4.78 is 16.9. The van der Waals surface area contributed by atoms with Gasteiger partial charge < -0.3 is 14.2 Å². The molecule has 1 aromatic heterocycles. The van der Waals surface area contributed by atoms with Crippen molar-refractivity contribution in [1.82, 2.24) is 10.4 Å². The molecular weight excluding hydrogens is 502 g/mol. The van der Waals surface area contributed by atoms with E-state index in [1.165, 1.54) is 0 Å². The van der Waals surface area contributed by atoms with Crippen LogP contribution in [0.5, 0.6) is 17.2 Å². The molecule has 0 radical (unpaired) electrons. The quantitative estimate of drug-likeness (QED) is 0.172. The number of nitrogens with one attached hydrogen (secondary N) is 1. The third-order valence-electron chi connectivity index (χ3n) is 6.49. The van der Waals surface area contributed by atoms with E-state index in [4.69, 9.17) is 19.2 Å². The van der Waals surface area contributed by atoms with Crippen LogP contribution in [0.15, 0.2) is 102 Å². The molecule has 200 valence electrons. The number of aromatic nitrogens is 1. The second-order valence-corrected chi connectivity index (χ2v) is 9.13. The summed E-state index contributed by atoms with van der Waals surface area (Å²) in [5.41, 5.74) is 8.09. The molecule has 5 rings (SSSR count). The maximum Gasteiger partial charge on any atom is 0.272 e. The van der Waals surface area contributed by atoms with Gasteiger partial charge in [-0.15, -0.1) is 0 Å². The van der Waals surface area contributed by atoms with Crippen LogP contribution >= 0.6 is 0 Å². The fourth-order valence-electron chi connectivity index (χ4n) is 4.38. The highest BCUT2D eigenvalue weighted by molar-refractivity contribution is 6.07. The molecule has 0 unspecified atom stereocenters. The van der Waals surface area contributed by atoms with Gasteiger partial charge in [0.15, 0.2) is 0 Å². The second-order valence-electron chi connectivity index (χ2n) is 9.13. The lowest BCUT2D eigenvalue weighted by Crippen LogP contribution is -2.18. The summed E-state index contributed by atoms with van der Waals surface area (Å²) in [5, 5.41) is 4.97. The molecule has 0 saturated heterocycles. The molecule has 1 N–H and O–H groups in total. The molecule has 0 aliphatic heterocycles. The van der Waals surface area contributed by atoms with E-state index >= 15 is 0 Å². The number of methoxy groups -OCH3 is 2. The third kappa shape index (κ3) is 5.94. The smallest absolute Gasteiger partial charge is 0.272 e. The Hall–Kier alpha value is -5.17. The molecule has 5 aromatic rings. The van der Waals surface area contributed by atoms with E-state index in [9.17, 15) is 4.79 Å². The van der Waals surface area contributed by atoms with Crippen molar-refractivity contribution < 1.29 is 19.0 Å². The first kappa shape index (κ1) is 26.4. The molecule has 0 atom stereocenters. The summed E-state index contributed by atoms with van der Waals surface area (Å²) in [7, 11) is 3.24. The number of pyridine rings is 1. The number of ether oxygens (including phenoxy) is 3. The number of hydrazone groups is 1. The van der Waals surface area contributed by atoms with Crippen LogP contribution in [0.25, 0.3) is 22.2 Å². The van der Waals surface area contributed by atoms with Crippen LogP contribution < -0.4 is 19.6 Å². The summed E-state index contributed by atoms with van der Waals surface area (Å²) in [6, 6.07) is 30.4. The van der Waals surface area contributed by atoms with E-state index in [1.807, 2.05) is 97.9 Å².